The summed E-state index contributed by atoms with van der Waals surface area (Å²) in [6, 6.07) is 6.04. The van der Waals surface area contributed by atoms with Crippen LogP contribution in [0.25, 0.3) is 0 Å². The average Bonchev–Trinajstić information content (AvgIpc) is 2.50. The molecule has 0 heterocycles. The van der Waals surface area contributed by atoms with E-state index in [2.05, 4.69) is 10.6 Å². The van der Waals surface area contributed by atoms with E-state index < -0.39 is 27.6 Å². The van der Waals surface area contributed by atoms with Gasteiger partial charge < -0.3 is 20.5 Å². The molecular weight excluding hydrogens is 374 g/mol. The molecule has 0 saturated carbocycles. The van der Waals surface area contributed by atoms with Gasteiger partial charge in [-0.25, -0.2) is 13.2 Å². The van der Waals surface area contributed by atoms with Crippen LogP contribution in [0.15, 0.2) is 24.3 Å². The van der Waals surface area contributed by atoms with E-state index in [1.165, 1.54) is 12.1 Å². The van der Waals surface area contributed by atoms with Gasteiger partial charge in [0.25, 0.3) is 0 Å². The van der Waals surface area contributed by atoms with Crippen molar-refractivity contribution in [1.29, 1.82) is 0 Å². The zero-order valence-corrected chi connectivity index (χ0v) is 16.8. The number of nitrogens with zero attached hydrogens (tertiary/aromatic N) is 1. The molecule has 0 spiro atoms. The second-order valence-corrected chi connectivity index (χ2v) is 8.96. The number of sulfonamides is 1. The molecule has 0 atom stereocenters. The first-order valence-electron chi connectivity index (χ1n) is 8.33. The Labute approximate surface area is 159 Å². The van der Waals surface area contributed by atoms with Gasteiger partial charge in [-0.3, -0.25) is 4.79 Å². The highest BCUT2D eigenvalue weighted by Gasteiger charge is 2.20. The fraction of sp³-hybridized carbons (Fsp3) is 0.529. The number of alkyl carbamates (subject to hydrolysis) is 1. The number of carbonyl (C=O) groups excluding carboxylic acids is 2. The van der Waals surface area contributed by atoms with Crippen molar-refractivity contribution in [2.75, 3.05) is 25.9 Å². The van der Waals surface area contributed by atoms with E-state index in [9.17, 15) is 23.1 Å². The lowest BCUT2D eigenvalue weighted by molar-refractivity contribution is -0.121. The van der Waals surface area contributed by atoms with Crippen molar-refractivity contribution in [3.05, 3.63) is 29.8 Å². The number of rotatable bonds is 8. The molecule has 0 radical (unpaired) electrons. The highest BCUT2D eigenvalue weighted by atomic mass is 32.2. The predicted molar refractivity (Wildman–Crippen MR) is 101 cm³/mol. The smallest absolute Gasteiger partial charge is 0.407 e. The molecule has 0 fully saturated rings. The Kier molecular flexibility index (Phi) is 8.04. The maximum atomic E-state index is 12.0. The van der Waals surface area contributed by atoms with Crippen LogP contribution in [0.4, 0.5) is 4.79 Å². The minimum Gasteiger partial charge on any atom is -0.508 e. The van der Waals surface area contributed by atoms with Crippen molar-refractivity contribution in [3.8, 4) is 5.75 Å². The summed E-state index contributed by atoms with van der Waals surface area (Å²) in [7, 11) is -3.61. The lowest BCUT2D eigenvalue weighted by atomic mass is 10.2. The van der Waals surface area contributed by atoms with Gasteiger partial charge in [-0.1, -0.05) is 12.1 Å². The van der Waals surface area contributed by atoms with Gasteiger partial charge in [-0.2, -0.15) is 4.31 Å². The zero-order chi connectivity index (χ0) is 20.7. The molecule has 0 aromatic heterocycles. The second-order valence-electron chi connectivity index (χ2n) is 6.98. The summed E-state index contributed by atoms with van der Waals surface area (Å²) in [4.78, 5) is 23.5. The van der Waals surface area contributed by atoms with E-state index in [1.807, 2.05) is 0 Å². The van der Waals surface area contributed by atoms with Crippen molar-refractivity contribution < 1.29 is 27.9 Å². The molecule has 0 unspecified atom stereocenters. The molecule has 152 valence electrons. The molecule has 0 aliphatic heterocycles. The number of hydrogen-bond donors (Lipinski definition) is 3. The van der Waals surface area contributed by atoms with Gasteiger partial charge in [0.2, 0.25) is 15.9 Å². The zero-order valence-electron chi connectivity index (χ0n) is 16.0. The second kappa shape index (κ2) is 9.56. The molecule has 1 aromatic carbocycles. The number of nitrogens with one attached hydrogen (secondary N) is 2. The number of phenolic OH excluding ortho intramolecular Hbond substituents is 1. The van der Waals surface area contributed by atoms with Gasteiger partial charge in [-0.15, -0.1) is 0 Å². The Morgan fingerprint density at radius 2 is 1.67 bits per heavy atom. The molecule has 27 heavy (non-hydrogen) atoms. The highest BCUT2D eigenvalue weighted by Crippen LogP contribution is 2.13. The standard InChI is InChI=1S/C17H27N3O6S/c1-17(2,3)26-16(23)19-10-9-18-15(22)12-20(27(4,24)25)11-13-5-7-14(21)8-6-13/h5-8,21H,9-12H2,1-4H3,(H,18,22)(H,19,23). The Morgan fingerprint density at radius 1 is 1.11 bits per heavy atom. The highest BCUT2D eigenvalue weighted by molar-refractivity contribution is 7.88. The van der Waals surface area contributed by atoms with Crippen LogP contribution in [0.2, 0.25) is 0 Å². The van der Waals surface area contributed by atoms with Crippen LogP contribution in [0.5, 0.6) is 5.75 Å². The number of carbonyl (C=O) groups is 2. The lowest BCUT2D eigenvalue weighted by Crippen LogP contribution is -2.42. The van der Waals surface area contributed by atoms with E-state index in [1.54, 1.807) is 32.9 Å². The third-order valence-corrected chi connectivity index (χ3v) is 4.40. The molecule has 0 bridgehead atoms. The van der Waals surface area contributed by atoms with Crippen LogP contribution in [0, 0.1) is 0 Å². The van der Waals surface area contributed by atoms with Gasteiger partial charge in [0.05, 0.1) is 12.8 Å². The van der Waals surface area contributed by atoms with Crippen molar-refractivity contribution in [1.82, 2.24) is 14.9 Å². The number of hydrogen-bond acceptors (Lipinski definition) is 6. The number of benzene rings is 1. The minimum atomic E-state index is -3.61. The van der Waals surface area contributed by atoms with Crippen LogP contribution in [0.3, 0.4) is 0 Å². The molecule has 3 N–H and O–H groups in total. The first-order chi connectivity index (χ1) is 12.4. The van der Waals surface area contributed by atoms with Crippen LogP contribution in [0.1, 0.15) is 26.3 Å². The summed E-state index contributed by atoms with van der Waals surface area (Å²) in [6.45, 7) is 5.15. The van der Waals surface area contributed by atoms with Gasteiger partial charge in [0.15, 0.2) is 0 Å². The molecule has 9 nitrogen and oxygen atoms in total. The first-order valence-corrected chi connectivity index (χ1v) is 10.2. The summed E-state index contributed by atoms with van der Waals surface area (Å²) in [5, 5.41) is 14.3. The van der Waals surface area contributed by atoms with Crippen LogP contribution < -0.4 is 10.6 Å². The number of aromatic hydroxyl groups is 1. The average molecular weight is 401 g/mol. The van der Waals surface area contributed by atoms with Crippen LogP contribution >= 0.6 is 0 Å². The fourth-order valence-corrected chi connectivity index (χ4v) is 2.73. The van der Waals surface area contributed by atoms with E-state index in [0.717, 1.165) is 10.6 Å². The minimum absolute atomic E-state index is 0.00267. The Bertz CT molecular complexity index is 741. The van der Waals surface area contributed by atoms with E-state index in [0.29, 0.717) is 5.56 Å². The quantitative estimate of drug-likeness (QED) is 0.553. The Hall–Kier alpha value is -2.33. The maximum absolute atomic E-state index is 12.0. The molecule has 0 saturated heterocycles. The lowest BCUT2D eigenvalue weighted by Gasteiger charge is -2.20. The van der Waals surface area contributed by atoms with Crippen molar-refractivity contribution in [3.63, 3.8) is 0 Å². The molecule has 1 rings (SSSR count). The Morgan fingerprint density at radius 3 is 2.19 bits per heavy atom. The van der Waals surface area contributed by atoms with E-state index >= 15 is 0 Å². The first kappa shape index (κ1) is 22.7. The third-order valence-electron chi connectivity index (χ3n) is 3.20. The van der Waals surface area contributed by atoms with Gasteiger partial charge in [0.1, 0.15) is 11.4 Å². The topological polar surface area (TPSA) is 125 Å². The summed E-state index contributed by atoms with van der Waals surface area (Å²) in [5.41, 5.74) is 0.0231. The van der Waals surface area contributed by atoms with Gasteiger partial charge in [-0.05, 0) is 38.5 Å². The fourth-order valence-electron chi connectivity index (χ4n) is 1.99. The predicted octanol–water partition coefficient (Wildman–Crippen LogP) is 0.795. The summed E-state index contributed by atoms with van der Waals surface area (Å²) in [5.74, 6) is -0.426. The van der Waals surface area contributed by atoms with Crippen molar-refractivity contribution in [2.45, 2.75) is 32.9 Å². The molecule has 10 heteroatoms. The molecule has 0 aliphatic carbocycles. The van der Waals surface area contributed by atoms with Crippen molar-refractivity contribution >= 4 is 22.0 Å². The normalized spacial score (nSPS) is 11.9. The number of phenols is 1. The summed E-state index contributed by atoms with van der Waals surface area (Å²) < 4.78 is 29.9. The largest absolute Gasteiger partial charge is 0.508 e. The van der Waals surface area contributed by atoms with Gasteiger partial charge in [0, 0.05) is 19.6 Å². The van der Waals surface area contributed by atoms with Crippen LogP contribution in [-0.4, -0.2) is 61.3 Å². The monoisotopic (exact) mass is 401 g/mol. The SMILES string of the molecule is CC(C)(C)OC(=O)NCCNC(=O)CN(Cc1ccc(O)cc1)S(C)(=O)=O. The van der Waals surface area contributed by atoms with Crippen LogP contribution in [-0.2, 0) is 26.1 Å². The molecule has 1 aromatic rings. The van der Waals surface area contributed by atoms with Gasteiger partial charge >= 0.3 is 6.09 Å². The number of amides is 2. The molecule has 2 amide bonds. The Balaban J connectivity index is 2.48. The molecule has 0 aliphatic rings. The summed E-state index contributed by atoms with van der Waals surface area (Å²) in [6.07, 6.45) is 0.423. The number of ether oxygens (including phenoxy) is 1. The van der Waals surface area contributed by atoms with E-state index in [-0.39, 0.29) is 31.9 Å². The molecular formula is C17H27N3O6S. The van der Waals surface area contributed by atoms with Crippen molar-refractivity contribution in [2.24, 2.45) is 0 Å². The third kappa shape index (κ3) is 9.80. The summed E-state index contributed by atoms with van der Waals surface area (Å²) >= 11 is 0. The van der Waals surface area contributed by atoms with E-state index in [4.69, 9.17) is 4.74 Å². The maximum Gasteiger partial charge on any atom is 0.407 e.